The highest BCUT2D eigenvalue weighted by Crippen LogP contribution is 2.33. The summed E-state index contributed by atoms with van der Waals surface area (Å²) in [6.07, 6.45) is 0. The van der Waals surface area contributed by atoms with Crippen LogP contribution in [0.4, 0.5) is 8.78 Å². The zero-order chi connectivity index (χ0) is 15.6. The third kappa shape index (κ3) is 3.69. The molecule has 2 aromatic carbocycles. The molecule has 1 N–H and O–H groups in total. The highest BCUT2D eigenvalue weighted by Gasteiger charge is 2.16. The number of hydrogen-bond donors (Lipinski definition) is 1. The van der Waals surface area contributed by atoms with Crippen molar-refractivity contribution in [2.45, 2.75) is 33.4 Å². The molecule has 0 atom stereocenters. The van der Waals surface area contributed by atoms with Crippen molar-refractivity contribution in [1.82, 2.24) is 5.32 Å². The molecule has 0 saturated heterocycles. The Labute approximate surface area is 132 Å². The fourth-order valence-corrected chi connectivity index (χ4v) is 2.54. The van der Waals surface area contributed by atoms with Gasteiger partial charge in [0.25, 0.3) is 0 Å². The molecule has 2 aromatic rings. The average Bonchev–Trinajstić information content (AvgIpc) is 2.43. The zero-order valence-corrected chi connectivity index (χ0v) is 13.9. The predicted octanol–water partition coefficient (Wildman–Crippen LogP) is 5.20. The number of hydrogen-bond acceptors (Lipinski definition) is 1. The number of halogens is 3. The van der Waals surface area contributed by atoms with E-state index in [1.807, 2.05) is 19.1 Å². The summed E-state index contributed by atoms with van der Waals surface area (Å²) in [5.41, 5.74) is 2.56. The lowest BCUT2D eigenvalue weighted by Crippen LogP contribution is -2.21. The van der Waals surface area contributed by atoms with Crippen molar-refractivity contribution in [3.05, 3.63) is 57.6 Å². The van der Waals surface area contributed by atoms with E-state index in [2.05, 4.69) is 35.1 Å². The summed E-state index contributed by atoms with van der Waals surface area (Å²) >= 11 is 3.11. The maximum Gasteiger partial charge on any atom is 0.148 e. The maximum atomic E-state index is 14.2. The quantitative estimate of drug-likeness (QED) is 0.744. The standard InChI is InChI=1S/C17H18BrF2N/c1-10(2)21-9-12-4-5-13(11(3)8-12)16-15(19)7-6-14(18)17(16)20/h4-8,10,21H,9H2,1-3H3. The topological polar surface area (TPSA) is 12.0 Å². The second kappa shape index (κ2) is 6.67. The highest BCUT2D eigenvalue weighted by atomic mass is 79.9. The third-order valence-corrected chi connectivity index (χ3v) is 3.93. The molecule has 0 radical (unpaired) electrons. The van der Waals surface area contributed by atoms with Crippen LogP contribution in [0, 0.1) is 18.6 Å². The Hall–Kier alpha value is -1.26. The van der Waals surface area contributed by atoms with Crippen molar-refractivity contribution in [3.63, 3.8) is 0 Å². The molecule has 0 heterocycles. The van der Waals surface area contributed by atoms with Crippen LogP contribution in [0.15, 0.2) is 34.8 Å². The van der Waals surface area contributed by atoms with Gasteiger partial charge in [-0.05, 0) is 51.7 Å². The van der Waals surface area contributed by atoms with E-state index in [-0.39, 0.29) is 10.0 Å². The van der Waals surface area contributed by atoms with E-state index in [4.69, 9.17) is 0 Å². The van der Waals surface area contributed by atoms with E-state index in [0.29, 0.717) is 11.6 Å². The van der Waals surface area contributed by atoms with E-state index in [0.717, 1.165) is 17.7 Å². The molecule has 0 aliphatic rings. The fraction of sp³-hybridized carbons (Fsp3) is 0.294. The molecule has 0 amide bonds. The normalized spacial score (nSPS) is 11.2. The van der Waals surface area contributed by atoms with E-state index >= 15 is 0 Å². The number of rotatable bonds is 4. The van der Waals surface area contributed by atoms with Gasteiger partial charge in [-0.25, -0.2) is 8.78 Å². The van der Waals surface area contributed by atoms with Crippen molar-refractivity contribution >= 4 is 15.9 Å². The molecular formula is C17H18BrF2N. The predicted molar refractivity (Wildman–Crippen MR) is 86.2 cm³/mol. The van der Waals surface area contributed by atoms with Gasteiger partial charge in [-0.2, -0.15) is 0 Å². The van der Waals surface area contributed by atoms with Gasteiger partial charge in [0.2, 0.25) is 0 Å². The maximum absolute atomic E-state index is 14.2. The van der Waals surface area contributed by atoms with Crippen molar-refractivity contribution in [2.75, 3.05) is 0 Å². The summed E-state index contributed by atoms with van der Waals surface area (Å²) < 4.78 is 28.4. The lowest BCUT2D eigenvalue weighted by atomic mass is 9.97. The summed E-state index contributed by atoms with van der Waals surface area (Å²) in [6.45, 7) is 6.76. The van der Waals surface area contributed by atoms with Gasteiger partial charge < -0.3 is 5.32 Å². The number of benzene rings is 2. The lowest BCUT2D eigenvalue weighted by molar-refractivity contribution is 0.584. The van der Waals surface area contributed by atoms with E-state index in [9.17, 15) is 8.78 Å². The van der Waals surface area contributed by atoms with E-state index in [1.54, 1.807) is 6.07 Å². The molecule has 0 saturated carbocycles. The van der Waals surface area contributed by atoms with Crippen molar-refractivity contribution in [1.29, 1.82) is 0 Å². The van der Waals surface area contributed by atoms with Gasteiger partial charge in [-0.15, -0.1) is 0 Å². The minimum Gasteiger partial charge on any atom is -0.310 e. The zero-order valence-electron chi connectivity index (χ0n) is 12.3. The van der Waals surface area contributed by atoms with Gasteiger partial charge >= 0.3 is 0 Å². The summed E-state index contributed by atoms with van der Waals surface area (Å²) in [7, 11) is 0. The first-order chi connectivity index (χ1) is 9.90. The monoisotopic (exact) mass is 353 g/mol. The Morgan fingerprint density at radius 3 is 2.48 bits per heavy atom. The molecule has 0 aliphatic carbocycles. The Kier molecular flexibility index (Phi) is 5.12. The van der Waals surface area contributed by atoms with Crippen LogP contribution >= 0.6 is 15.9 Å². The largest absolute Gasteiger partial charge is 0.310 e. The molecule has 4 heteroatoms. The Balaban J connectivity index is 2.40. The molecular weight excluding hydrogens is 336 g/mol. The lowest BCUT2D eigenvalue weighted by Gasteiger charge is -2.13. The molecule has 21 heavy (non-hydrogen) atoms. The third-order valence-electron chi connectivity index (χ3n) is 3.32. The molecule has 2 rings (SSSR count). The minimum atomic E-state index is -0.564. The van der Waals surface area contributed by atoms with Gasteiger partial charge in [-0.3, -0.25) is 0 Å². The van der Waals surface area contributed by atoms with Gasteiger partial charge in [0, 0.05) is 12.6 Å². The molecule has 0 bridgehead atoms. The smallest absolute Gasteiger partial charge is 0.148 e. The average molecular weight is 354 g/mol. The summed E-state index contributed by atoms with van der Waals surface area (Å²) in [4.78, 5) is 0. The first kappa shape index (κ1) is 16.1. The van der Waals surface area contributed by atoms with Crippen LogP contribution in [-0.2, 0) is 6.54 Å². The first-order valence-electron chi connectivity index (χ1n) is 6.87. The van der Waals surface area contributed by atoms with E-state index < -0.39 is 11.6 Å². The van der Waals surface area contributed by atoms with Crippen LogP contribution in [0.5, 0.6) is 0 Å². The van der Waals surface area contributed by atoms with Crippen LogP contribution < -0.4 is 5.32 Å². The van der Waals surface area contributed by atoms with Gasteiger partial charge in [0.15, 0.2) is 0 Å². The Morgan fingerprint density at radius 2 is 1.86 bits per heavy atom. The number of nitrogens with one attached hydrogen (secondary N) is 1. The summed E-state index contributed by atoms with van der Waals surface area (Å²) in [5.74, 6) is -1.11. The molecule has 0 unspecified atom stereocenters. The van der Waals surface area contributed by atoms with Crippen molar-refractivity contribution in [2.24, 2.45) is 0 Å². The molecule has 1 nitrogen and oxygen atoms in total. The van der Waals surface area contributed by atoms with Gasteiger partial charge in [-0.1, -0.05) is 32.0 Å². The second-order valence-corrected chi connectivity index (χ2v) is 6.26. The van der Waals surface area contributed by atoms with Crippen molar-refractivity contribution < 1.29 is 8.78 Å². The molecule has 0 aromatic heterocycles. The van der Waals surface area contributed by atoms with Crippen LogP contribution in [-0.4, -0.2) is 6.04 Å². The summed E-state index contributed by atoms with van der Waals surface area (Å²) in [5, 5.41) is 3.32. The van der Waals surface area contributed by atoms with Crippen LogP contribution in [0.1, 0.15) is 25.0 Å². The highest BCUT2D eigenvalue weighted by molar-refractivity contribution is 9.10. The van der Waals surface area contributed by atoms with Crippen LogP contribution in [0.2, 0.25) is 0 Å². The molecule has 112 valence electrons. The molecule has 0 spiro atoms. The summed E-state index contributed by atoms with van der Waals surface area (Å²) in [6, 6.07) is 8.69. The van der Waals surface area contributed by atoms with Gasteiger partial charge in [0.05, 0.1) is 10.0 Å². The second-order valence-electron chi connectivity index (χ2n) is 5.40. The van der Waals surface area contributed by atoms with Crippen molar-refractivity contribution in [3.8, 4) is 11.1 Å². The first-order valence-corrected chi connectivity index (χ1v) is 7.66. The number of aryl methyl sites for hydroxylation is 1. The minimum absolute atomic E-state index is 0.0187. The van der Waals surface area contributed by atoms with E-state index in [1.165, 1.54) is 12.1 Å². The van der Waals surface area contributed by atoms with Gasteiger partial charge in [0.1, 0.15) is 11.6 Å². The van der Waals surface area contributed by atoms with Crippen LogP contribution in [0.3, 0.4) is 0 Å². The van der Waals surface area contributed by atoms with Crippen LogP contribution in [0.25, 0.3) is 11.1 Å². The molecule has 0 aliphatic heterocycles. The molecule has 0 fully saturated rings. The SMILES string of the molecule is Cc1cc(CNC(C)C)ccc1-c1c(F)ccc(Br)c1F. The fourth-order valence-electron chi connectivity index (χ4n) is 2.21. The Morgan fingerprint density at radius 1 is 1.14 bits per heavy atom. The Bertz CT molecular complexity index is 653.